The minimum absolute atomic E-state index is 0.178. The van der Waals surface area contributed by atoms with E-state index in [-0.39, 0.29) is 17.5 Å². The van der Waals surface area contributed by atoms with Gasteiger partial charge in [-0.15, -0.1) is 0 Å². The number of rotatable bonds is 8. The molecule has 41 heavy (non-hydrogen) atoms. The molecule has 2 saturated heterocycles. The van der Waals surface area contributed by atoms with Crippen LogP contribution in [0, 0.1) is 11.7 Å². The van der Waals surface area contributed by atoms with Crippen LogP contribution in [0.3, 0.4) is 0 Å². The number of hydrogen-bond acceptors (Lipinski definition) is 5. The fourth-order valence-corrected chi connectivity index (χ4v) is 5.99. The Hall–Kier alpha value is -3.55. The zero-order valence-corrected chi connectivity index (χ0v) is 23.9. The maximum Gasteiger partial charge on any atom is 0.256 e. The minimum atomic E-state index is -0.461. The third kappa shape index (κ3) is 7.40. The van der Waals surface area contributed by atoms with Crippen LogP contribution in [0.5, 0.6) is 5.75 Å². The van der Waals surface area contributed by atoms with Crippen LogP contribution in [-0.4, -0.2) is 67.5 Å². The van der Waals surface area contributed by atoms with E-state index in [0.717, 1.165) is 71.0 Å². The molecule has 1 N–H and O–H groups in total. The molecule has 3 aliphatic rings. The first-order valence-corrected chi connectivity index (χ1v) is 14.5. The number of benzene rings is 3. The maximum atomic E-state index is 15.1. The number of aliphatic hydroxyl groups is 1. The van der Waals surface area contributed by atoms with Gasteiger partial charge in [0, 0.05) is 38.7 Å². The van der Waals surface area contributed by atoms with Gasteiger partial charge in [-0.3, -0.25) is 9.69 Å². The van der Waals surface area contributed by atoms with Crippen molar-refractivity contribution in [3.8, 4) is 5.75 Å². The molecule has 0 radical (unpaired) electrons. The molecule has 1 unspecified atom stereocenters. The third-order valence-electron chi connectivity index (χ3n) is 8.13. The van der Waals surface area contributed by atoms with E-state index >= 15 is 4.39 Å². The van der Waals surface area contributed by atoms with Gasteiger partial charge in [0.15, 0.2) is 0 Å². The number of halogens is 1. The number of likely N-dealkylation sites (tertiary alicyclic amines) is 2. The number of ether oxygens (including phenoxy) is 1. The lowest BCUT2D eigenvalue weighted by Crippen LogP contribution is -2.29. The Morgan fingerprint density at radius 1 is 0.927 bits per heavy atom. The Bertz CT molecular complexity index is 1210. The summed E-state index contributed by atoms with van der Waals surface area (Å²) in [4.78, 5) is 25.2. The lowest BCUT2D eigenvalue weighted by molar-refractivity contribution is -0.0980. The van der Waals surface area contributed by atoms with Crippen LogP contribution in [0.2, 0.25) is 0 Å². The number of carbonyl (C=O) groups is 2. The molecule has 2 aliphatic heterocycles. The average molecular weight is 561 g/mol. The van der Waals surface area contributed by atoms with Crippen molar-refractivity contribution in [1.82, 2.24) is 9.80 Å². The summed E-state index contributed by atoms with van der Waals surface area (Å²) in [5, 5.41) is 7.00. The second-order valence-corrected chi connectivity index (χ2v) is 10.8. The highest BCUT2D eigenvalue weighted by Gasteiger charge is 2.33. The summed E-state index contributed by atoms with van der Waals surface area (Å²) >= 11 is 0. The highest BCUT2D eigenvalue weighted by atomic mass is 19.1. The molecule has 1 aliphatic carbocycles. The van der Waals surface area contributed by atoms with E-state index in [1.807, 2.05) is 6.79 Å². The van der Waals surface area contributed by atoms with Crippen molar-refractivity contribution < 1.29 is 23.8 Å². The first-order chi connectivity index (χ1) is 20.2. The number of amides is 1. The first kappa shape index (κ1) is 30.4. The van der Waals surface area contributed by atoms with E-state index in [9.17, 15) is 4.79 Å². The van der Waals surface area contributed by atoms with Crippen molar-refractivity contribution >= 4 is 12.7 Å². The molecule has 2 heterocycles. The molecule has 3 aromatic rings. The SMILES string of the molecule is C=O.CO.O=C(c1cc(C2CC2)c(OCC2CCN(C(c3ccccc3)c3ccccc3)C2)cc1F)N1CCCC1. The predicted molar refractivity (Wildman–Crippen MR) is 159 cm³/mol. The topological polar surface area (TPSA) is 70.1 Å². The summed E-state index contributed by atoms with van der Waals surface area (Å²) in [7, 11) is 1.00. The summed E-state index contributed by atoms with van der Waals surface area (Å²) in [6.45, 7) is 5.93. The van der Waals surface area contributed by atoms with Gasteiger partial charge >= 0.3 is 0 Å². The summed E-state index contributed by atoms with van der Waals surface area (Å²) in [6, 6.07) is 24.8. The molecule has 1 saturated carbocycles. The van der Waals surface area contributed by atoms with Crippen LogP contribution < -0.4 is 4.74 Å². The lowest BCUT2D eigenvalue weighted by atomic mass is 9.97. The predicted octanol–water partition coefficient (Wildman–Crippen LogP) is 5.85. The van der Waals surface area contributed by atoms with E-state index in [0.29, 0.717) is 24.2 Å². The highest BCUT2D eigenvalue weighted by Crippen LogP contribution is 2.45. The fourth-order valence-electron chi connectivity index (χ4n) is 5.99. The van der Waals surface area contributed by atoms with Gasteiger partial charge in [0.2, 0.25) is 0 Å². The van der Waals surface area contributed by atoms with Crippen molar-refractivity contribution in [3.05, 3.63) is 101 Å². The molecule has 1 amide bonds. The van der Waals surface area contributed by atoms with Gasteiger partial charge in [0.05, 0.1) is 18.2 Å². The van der Waals surface area contributed by atoms with Crippen molar-refractivity contribution in [2.75, 3.05) is 39.9 Å². The molecule has 3 fully saturated rings. The van der Waals surface area contributed by atoms with Crippen LogP contribution in [0.1, 0.15) is 71.1 Å². The summed E-state index contributed by atoms with van der Waals surface area (Å²) < 4.78 is 21.4. The molecule has 218 valence electrons. The van der Waals surface area contributed by atoms with Crippen LogP contribution in [0.15, 0.2) is 72.8 Å². The Balaban J connectivity index is 0.000000929. The van der Waals surface area contributed by atoms with Gasteiger partial charge in [-0.25, -0.2) is 4.39 Å². The zero-order chi connectivity index (χ0) is 29.2. The van der Waals surface area contributed by atoms with Gasteiger partial charge in [0.25, 0.3) is 5.91 Å². The van der Waals surface area contributed by atoms with Crippen molar-refractivity contribution in [2.24, 2.45) is 5.92 Å². The van der Waals surface area contributed by atoms with Gasteiger partial charge < -0.3 is 19.5 Å². The fraction of sp³-hybridized carbons (Fsp3) is 0.412. The summed E-state index contributed by atoms with van der Waals surface area (Å²) in [5.74, 6) is 0.733. The largest absolute Gasteiger partial charge is 0.493 e. The van der Waals surface area contributed by atoms with Crippen LogP contribution in [0.4, 0.5) is 4.39 Å². The second-order valence-electron chi connectivity index (χ2n) is 10.8. The maximum absolute atomic E-state index is 15.1. The molecule has 6 nitrogen and oxygen atoms in total. The molecule has 6 rings (SSSR count). The van der Waals surface area contributed by atoms with E-state index in [1.165, 1.54) is 17.2 Å². The first-order valence-electron chi connectivity index (χ1n) is 14.5. The molecular weight excluding hydrogens is 519 g/mol. The third-order valence-corrected chi connectivity index (χ3v) is 8.13. The molecular formula is C34H41FN2O4. The van der Waals surface area contributed by atoms with Gasteiger partial charge in [-0.1, -0.05) is 60.7 Å². The smallest absolute Gasteiger partial charge is 0.256 e. The Kier molecular flexibility index (Phi) is 11.0. The van der Waals surface area contributed by atoms with E-state index in [2.05, 4.69) is 65.6 Å². The normalized spacial score (nSPS) is 18.3. The number of carbonyl (C=O) groups excluding carboxylic acids is 2. The van der Waals surface area contributed by atoms with E-state index < -0.39 is 5.82 Å². The van der Waals surface area contributed by atoms with Crippen LogP contribution in [0.25, 0.3) is 0 Å². The molecule has 0 aromatic heterocycles. The van der Waals surface area contributed by atoms with Crippen molar-refractivity contribution in [1.29, 1.82) is 0 Å². The minimum Gasteiger partial charge on any atom is -0.493 e. The molecule has 7 heteroatoms. The Labute approximate surface area is 242 Å². The van der Waals surface area contributed by atoms with Crippen molar-refractivity contribution in [2.45, 2.75) is 44.1 Å². The van der Waals surface area contributed by atoms with Gasteiger partial charge in [-0.2, -0.15) is 0 Å². The standard InChI is InChI=1S/C32H35FN2O2.CH4O.CH2O/c33-29-20-30(27(24-13-14-24)19-28(29)32(36)34-16-7-8-17-34)37-22-23-15-18-35(21-23)31(25-9-3-1-4-10-25)26-11-5-2-6-12-26;2*1-2/h1-6,9-12,19-20,23-24,31H,7-8,13-18,21-22H2;2H,1H3;1H2. The van der Waals surface area contributed by atoms with Crippen LogP contribution in [-0.2, 0) is 4.79 Å². The van der Waals surface area contributed by atoms with Crippen molar-refractivity contribution in [3.63, 3.8) is 0 Å². The highest BCUT2D eigenvalue weighted by molar-refractivity contribution is 5.95. The quantitative estimate of drug-likeness (QED) is 0.374. The molecule has 1 atom stereocenters. The number of nitrogens with zero attached hydrogens (tertiary/aromatic N) is 2. The summed E-state index contributed by atoms with van der Waals surface area (Å²) in [6.07, 6.45) is 5.19. The monoisotopic (exact) mass is 560 g/mol. The summed E-state index contributed by atoms with van der Waals surface area (Å²) in [5.41, 5.74) is 3.81. The zero-order valence-electron chi connectivity index (χ0n) is 23.9. The number of hydrogen-bond donors (Lipinski definition) is 1. The Morgan fingerprint density at radius 2 is 1.51 bits per heavy atom. The Morgan fingerprint density at radius 3 is 2.07 bits per heavy atom. The van der Waals surface area contributed by atoms with Gasteiger partial charge in [-0.05, 0) is 67.3 Å². The van der Waals surface area contributed by atoms with Crippen LogP contribution >= 0.6 is 0 Å². The number of aliphatic hydroxyl groups excluding tert-OH is 1. The molecule has 0 spiro atoms. The lowest BCUT2D eigenvalue weighted by Gasteiger charge is -2.29. The average Bonchev–Trinajstić information content (AvgIpc) is 3.51. The molecule has 0 bridgehead atoms. The molecule has 3 aromatic carbocycles. The van der Waals surface area contributed by atoms with Gasteiger partial charge in [0.1, 0.15) is 18.4 Å². The van der Waals surface area contributed by atoms with E-state index in [1.54, 1.807) is 11.0 Å². The van der Waals surface area contributed by atoms with E-state index in [4.69, 9.17) is 14.6 Å². The second kappa shape index (κ2) is 14.9.